The van der Waals surface area contributed by atoms with Crippen molar-refractivity contribution in [2.45, 2.75) is 33.2 Å². The molecule has 0 unspecified atom stereocenters. The van der Waals surface area contributed by atoms with E-state index in [1.807, 2.05) is 36.6 Å². The zero-order chi connectivity index (χ0) is 27.2. The third-order valence-corrected chi connectivity index (χ3v) is 8.83. The molecular formula is C26H26ClN3O7S. The number of rotatable bonds is 7. The monoisotopic (exact) mass is 559 g/mol. The van der Waals surface area contributed by atoms with Crippen LogP contribution in [-0.4, -0.2) is 59.4 Å². The highest BCUT2D eigenvalue weighted by Gasteiger charge is 2.32. The molecule has 38 heavy (non-hydrogen) atoms. The summed E-state index contributed by atoms with van der Waals surface area (Å²) in [6.07, 6.45) is 3.07. The molecule has 0 radical (unpaired) electrons. The van der Waals surface area contributed by atoms with Crippen LogP contribution >= 0.6 is 11.6 Å². The van der Waals surface area contributed by atoms with Crippen LogP contribution in [0.2, 0.25) is 5.15 Å². The van der Waals surface area contributed by atoms with E-state index in [4.69, 9.17) is 25.8 Å². The molecule has 1 fully saturated rings. The van der Waals surface area contributed by atoms with Gasteiger partial charge < -0.3 is 18.8 Å². The van der Waals surface area contributed by atoms with Crippen LogP contribution in [0.5, 0.6) is 11.5 Å². The molecule has 10 nitrogen and oxygen atoms in total. The second-order valence-corrected chi connectivity index (χ2v) is 11.9. The lowest BCUT2D eigenvalue weighted by Crippen LogP contribution is -2.13. The maximum Gasteiger partial charge on any atom is 0.331 e. The van der Waals surface area contributed by atoms with Crippen LogP contribution in [0.1, 0.15) is 45.5 Å². The number of hydrogen-bond acceptors (Lipinski definition) is 8. The average Bonchev–Trinajstić information content (AvgIpc) is 3.61. The van der Waals surface area contributed by atoms with Gasteiger partial charge in [-0.3, -0.25) is 4.79 Å². The van der Waals surface area contributed by atoms with Gasteiger partial charge in [0.05, 0.1) is 23.2 Å². The third kappa shape index (κ3) is 4.95. The number of halogens is 1. The molecule has 5 rings (SSSR count). The van der Waals surface area contributed by atoms with Gasteiger partial charge in [-0.15, -0.1) is 0 Å². The number of Topliss-reactive ketones (excluding diaryl/α,β-unsaturated/α-hetero) is 1. The molecule has 4 heterocycles. The van der Waals surface area contributed by atoms with Crippen LogP contribution in [0.3, 0.4) is 0 Å². The number of aromatic nitrogens is 3. The number of ether oxygens (including phenoxy) is 3. The van der Waals surface area contributed by atoms with Gasteiger partial charge in [-0.05, 0) is 51.5 Å². The van der Waals surface area contributed by atoms with E-state index in [0.717, 1.165) is 11.4 Å². The third-order valence-electron chi connectivity index (χ3n) is 6.70. The highest BCUT2D eigenvalue weighted by atomic mass is 35.5. The Labute approximate surface area is 224 Å². The molecule has 0 bridgehead atoms. The molecule has 1 atom stereocenters. The topological polar surface area (TPSA) is 119 Å². The molecule has 2 aromatic heterocycles. The van der Waals surface area contributed by atoms with Crippen molar-refractivity contribution in [3.05, 3.63) is 63.7 Å². The van der Waals surface area contributed by atoms with E-state index in [9.17, 15) is 18.0 Å². The Kier molecular flexibility index (Phi) is 6.83. The SMILES string of the molecule is Cc1nn([C@@H]2CCS(=O)(=O)C2)c(Cl)c1/C=C/C(=O)OCC(=O)c1cc(C)n(-c2ccc3c(c2)OCO3)c1C. The van der Waals surface area contributed by atoms with Crippen LogP contribution < -0.4 is 9.47 Å². The minimum Gasteiger partial charge on any atom is -0.454 e. The van der Waals surface area contributed by atoms with Crippen molar-refractivity contribution in [1.82, 2.24) is 14.3 Å². The molecule has 0 saturated carbocycles. The van der Waals surface area contributed by atoms with Crippen molar-refractivity contribution in [3.63, 3.8) is 0 Å². The fourth-order valence-electron chi connectivity index (χ4n) is 4.81. The zero-order valence-corrected chi connectivity index (χ0v) is 22.6. The van der Waals surface area contributed by atoms with E-state index in [0.29, 0.717) is 40.4 Å². The van der Waals surface area contributed by atoms with Gasteiger partial charge >= 0.3 is 5.97 Å². The first kappa shape index (κ1) is 26.1. The van der Waals surface area contributed by atoms with E-state index < -0.39 is 22.4 Å². The minimum absolute atomic E-state index is 0.0174. The van der Waals surface area contributed by atoms with Crippen molar-refractivity contribution >= 4 is 39.3 Å². The van der Waals surface area contributed by atoms with Crippen LogP contribution in [-0.2, 0) is 19.4 Å². The Morgan fingerprint density at radius 3 is 2.68 bits per heavy atom. The Bertz CT molecular complexity index is 1590. The summed E-state index contributed by atoms with van der Waals surface area (Å²) >= 11 is 6.44. The maximum absolute atomic E-state index is 12.9. The number of nitrogens with zero attached hydrogens (tertiary/aromatic N) is 3. The average molecular weight is 560 g/mol. The molecular weight excluding hydrogens is 534 g/mol. The molecule has 0 spiro atoms. The Hall–Kier alpha value is -3.57. The lowest BCUT2D eigenvalue weighted by molar-refractivity contribution is -0.136. The quantitative estimate of drug-likeness (QED) is 0.244. The normalized spacial score (nSPS) is 17.8. The molecule has 0 N–H and O–H groups in total. The van der Waals surface area contributed by atoms with Crippen molar-refractivity contribution in [2.24, 2.45) is 0 Å². The first-order chi connectivity index (χ1) is 18.0. The highest BCUT2D eigenvalue weighted by molar-refractivity contribution is 7.91. The lowest BCUT2D eigenvalue weighted by atomic mass is 10.1. The van der Waals surface area contributed by atoms with Gasteiger partial charge in [0.15, 0.2) is 27.9 Å². The fourth-order valence-corrected chi connectivity index (χ4v) is 6.88. The number of benzene rings is 1. The summed E-state index contributed by atoms with van der Waals surface area (Å²) in [4.78, 5) is 25.3. The predicted octanol–water partition coefficient (Wildman–Crippen LogP) is 3.78. The lowest BCUT2D eigenvalue weighted by Gasteiger charge is -2.10. The van der Waals surface area contributed by atoms with Crippen LogP contribution in [0.4, 0.5) is 0 Å². The molecule has 3 aromatic rings. The molecule has 0 amide bonds. The zero-order valence-electron chi connectivity index (χ0n) is 21.1. The molecule has 12 heteroatoms. The predicted molar refractivity (Wildman–Crippen MR) is 140 cm³/mol. The molecule has 1 saturated heterocycles. The number of sulfone groups is 1. The largest absolute Gasteiger partial charge is 0.454 e. The van der Waals surface area contributed by atoms with Gasteiger partial charge in [0.1, 0.15) is 5.15 Å². The number of hydrogen-bond donors (Lipinski definition) is 0. The van der Waals surface area contributed by atoms with Crippen LogP contribution in [0.15, 0.2) is 30.3 Å². The molecule has 200 valence electrons. The van der Waals surface area contributed by atoms with Crippen LogP contribution in [0.25, 0.3) is 11.8 Å². The Balaban J connectivity index is 1.24. The number of carbonyl (C=O) groups is 2. The van der Waals surface area contributed by atoms with Gasteiger partial charge in [-0.2, -0.15) is 5.10 Å². The van der Waals surface area contributed by atoms with Gasteiger partial charge in [-0.25, -0.2) is 17.9 Å². The Morgan fingerprint density at radius 2 is 1.95 bits per heavy atom. The standard InChI is InChI=1S/C26H26ClN3O7S/c1-15-10-21(17(3)29(15)18-4-6-23-24(11-18)37-14-36-23)22(31)12-35-25(32)7-5-20-16(2)28-30(26(20)27)19-8-9-38(33,34)13-19/h4-7,10-11,19H,8-9,12-14H2,1-3H3/b7-5+/t19-/m1/s1. The summed E-state index contributed by atoms with van der Waals surface area (Å²) in [5, 5.41) is 4.61. The van der Waals surface area contributed by atoms with E-state index in [1.165, 1.54) is 16.8 Å². The van der Waals surface area contributed by atoms with Crippen molar-refractivity contribution in [3.8, 4) is 17.2 Å². The second-order valence-electron chi connectivity index (χ2n) is 9.31. The van der Waals surface area contributed by atoms with Crippen molar-refractivity contribution in [2.75, 3.05) is 24.9 Å². The molecule has 1 aromatic carbocycles. The van der Waals surface area contributed by atoms with Gasteiger partial charge in [0.2, 0.25) is 12.6 Å². The van der Waals surface area contributed by atoms with E-state index in [1.54, 1.807) is 13.0 Å². The minimum atomic E-state index is -3.11. The fraction of sp³-hybridized carbons (Fsp3) is 0.346. The number of ketones is 1. The van der Waals surface area contributed by atoms with Crippen LogP contribution in [0, 0.1) is 20.8 Å². The summed E-state index contributed by atoms with van der Waals surface area (Å²) in [5.41, 5.74) is 3.87. The van der Waals surface area contributed by atoms with Gasteiger partial charge in [0.25, 0.3) is 0 Å². The number of carbonyl (C=O) groups excluding carboxylic acids is 2. The number of esters is 1. The van der Waals surface area contributed by atoms with E-state index in [2.05, 4.69) is 5.10 Å². The summed E-state index contributed by atoms with van der Waals surface area (Å²) in [5.74, 6) is 0.333. The van der Waals surface area contributed by atoms with E-state index >= 15 is 0 Å². The van der Waals surface area contributed by atoms with E-state index in [-0.39, 0.29) is 35.3 Å². The maximum atomic E-state index is 12.9. The number of aryl methyl sites for hydroxylation is 2. The molecule has 0 aliphatic carbocycles. The molecule has 2 aliphatic heterocycles. The summed E-state index contributed by atoms with van der Waals surface area (Å²) in [6, 6.07) is 6.97. The Morgan fingerprint density at radius 1 is 1.18 bits per heavy atom. The molecule has 2 aliphatic rings. The second kappa shape index (κ2) is 9.95. The first-order valence-corrected chi connectivity index (χ1v) is 14.2. The number of fused-ring (bicyclic) bond motifs is 1. The summed E-state index contributed by atoms with van der Waals surface area (Å²) in [7, 11) is -3.11. The van der Waals surface area contributed by atoms with Crippen molar-refractivity contribution < 1.29 is 32.2 Å². The highest BCUT2D eigenvalue weighted by Crippen LogP contribution is 2.35. The summed E-state index contributed by atoms with van der Waals surface area (Å²) < 4.78 is 43.1. The van der Waals surface area contributed by atoms with Crippen molar-refractivity contribution in [1.29, 1.82) is 0 Å². The smallest absolute Gasteiger partial charge is 0.331 e. The van der Waals surface area contributed by atoms with Gasteiger partial charge in [0, 0.05) is 40.3 Å². The first-order valence-electron chi connectivity index (χ1n) is 12.0. The summed E-state index contributed by atoms with van der Waals surface area (Å²) in [6.45, 7) is 5.17. The van der Waals surface area contributed by atoms with Gasteiger partial charge in [-0.1, -0.05) is 11.6 Å².